The van der Waals surface area contributed by atoms with E-state index in [2.05, 4.69) is 29.0 Å². The molecule has 0 aromatic heterocycles. The number of carbonyl (C=O) groups excluding carboxylic acids is 2. The second-order valence-corrected chi connectivity index (χ2v) is 7.24. The molecule has 0 bridgehead atoms. The zero-order chi connectivity index (χ0) is 16.8. The molecule has 0 aromatic carbocycles. The normalized spacial score (nSPS) is 21.7. The standard InChI is InChI=1S/C17H32N4O2/c1-14(2)15(3)18-16(22)12-19-8-10-20(11-9-19)13-17(23)21-6-4-5-7-21/h14-15H,4-13H2,1-3H3,(H,18,22). The van der Waals surface area contributed by atoms with Crippen LogP contribution in [0, 0.1) is 5.92 Å². The third kappa shape index (κ3) is 5.77. The van der Waals surface area contributed by atoms with E-state index in [-0.39, 0.29) is 17.9 Å². The predicted octanol–water partition coefficient (Wildman–Crippen LogP) is 0.387. The second-order valence-electron chi connectivity index (χ2n) is 7.24. The van der Waals surface area contributed by atoms with Crippen molar-refractivity contribution in [3.8, 4) is 0 Å². The fraction of sp³-hybridized carbons (Fsp3) is 0.882. The van der Waals surface area contributed by atoms with Crippen molar-refractivity contribution < 1.29 is 9.59 Å². The van der Waals surface area contributed by atoms with E-state index >= 15 is 0 Å². The molecule has 23 heavy (non-hydrogen) atoms. The van der Waals surface area contributed by atoms with Crippen molar-refractivity contribution >= 4 is 11.8 Å². The van der Waals surface area contributed by atoms with E-state index in [1.54, 1.807) is 0 Å². The highest BCUT2D eigenvalue weighted by molar-refractivity contribution is 5.79. The van der Waals surface area contributed by atoms with Crippen LogP contribution < -0.4 is 5.32 Å². The lowest BCUT2D eigenvalue weighted by Gasteiger charge is -2.34. The first-order chi connectivity index (χ1) is 11.0. The Bertz CT molecular complexity index is 399. The number of carbonyl (C=O) groups is 2. The summed E-state index contributed by atoms with van der Waals surface area (Å²) in [6.45, 7) is 12.6. The molecule has 0 saturated carbocycles. The number of piperazine rings is 1. The smallest absolute Gasteiger partial charge is 0.236 e. The highest BCUT2D eigenvalue weighted by Gasteiger charge is 2.24. The minimum Gasteiger partial charge on any atom is -0.352 e. The maximum atomic E-state index is 12.2. The zero-order valence-electron chi connectivity index (χ0n) is 14.9. The van der Waals surface area contributed by atoms with E-state index in [9.17, 15) is 9.59 Å². The molecule has 1 N–H and O–H groups in total. The van der Waals surface area contributed by atoms with Gasteiger partial charge in [-0.05, 0) is 25.7 Å². The monoisotopic (exact) mass is 324 g/mol. The number of amides is 2. The van der Waals surface area contributed by atoms with Gasteiger partial charge in [0.15, 0.2) is 0 Å². The van der Waals surface area contributed by atoms with Gasteiger partial charge in [-0.25, -0.2) is 0 Å². The van der Waals surface area contributed by atoms with Gasteiger partial charge in [0.2, 0.25) is 11.8 Å². The van der Waals surface area contributed by atoms with Gasteiger partial charge < -0.3 is 10.2 Å². The number of rotatable bonds is 6. The van der Waals surface area contributed by atoms with Crippen molar-refractivity contribution in [3.05, 3.63) is 0 Å². The first kappa shape index (κ1) is 18.2. The number of hydrogen-bond acceptors (Lipinski definition) is 4. The minimum atomic E-state index is 0.104. The Hall–Kier alpha value is -1.14. The largest absolute Gasteiger partial charge is 0.352 e. The Kier molecular flexibility index (Phi) is 6.84. The molecule has 6 heteroatoms. The van der Waals surface area contributed by atoms with E-state index in [1.807, 2.05) is 11.8 Å². The molecule has 1 atom stereocenters. The highest BCUT2D eigenvalue weighted by atomic mass is 16.2. The first-order valence-corrected chi connectivity index (χ1v) is 8.97. The van der Waals surface area contributed by atoms with Crippen LogP contribution >= 0.6 is 0 Å². The van der Waals surface area contributed by atoms with Crippen molar-refractivity contribution in [2.75, 3.05) is 52.4 Å². The molecule has 132 valence electrons. The molecule has 1 unspecified atom stereocenters. The SMILES string of the molecule is CC(C)C(C)NC(=O)CN1CCN(CC(=O)N2CCCC2)CC1. The van der Waals surface area contributed by atoms with Crippen molar-refractivity contribution in [2.24, 2.45) is 5.92 Å². The van der Waals surface area contributed by atoms with Gasteiger partial charge in [-0.15, -0.1) is 0 Å². The average Bonchev–Trinajstić information content (AvgIpc) is 3.03. The lowest BCUT2D eigenvalue weighted by atomic mass is 10.1. The summed E-state index contributed by atoms with van der Waals surface area (Å²) in [6, 6.07) is 0.210. The van der Waals surface area contributed by atoms with Crippen molar-refractivity contribution in [1.29, 1.82) is 0 Å². The first-order valence-electron chi connectivity index (χ1n) is 8.97. The maximum absolute atomic E-state index is 12.2. The number of nitrogens with zero attached hydrogens (tertiary/aromatic N) is 3. The van der Waals surface area contributed by atoms with E-state index in [1.165, 1.54) is 0 Å². The van der Waals surface area contributed by atoms with Gasteiger partial charge in [0.1, 0.15) is 0 Å². The summed E-state index contributed by atoms with van der Waals surface area (Å²) < 4.78 is 0. The van der Waals surface area contributed by atoms with Gasteiger partial charge >= 0.3 is 0 Å². The van der Waals surface area contributed by atoms with Crippen molar-refractivity contribution in [1.82, 2.24) is 20.0 Å². The summed E-state index contributed by atoms with van der Waals surface area (Å²) in [5.41, 5.74) is 0. The van der Waals surface area contributed by atoms with E-state index < -0.39 is 0 Å². The lowest BCUT2D eigenvalue weighted by Crippen LogP contribution is -2.52. The Morgan fingerprint density at radius 1 is 0.870 bits per heavy atom. The Morgan fingerprint density at radius 3 is 1.91 bits per heavy atom. The molecule has 2 fully saturated rings. The summed E-state index contributed by atoms with van der Waals surface area (Å²) in [6.07, 6.45) is 2.28. The summed E-state index contributed by atoms with van der Waals surface area (Å²) >= 11 is 0. The van der Waals surface area contributed by atoms with Crippen LogP contribution in [-0.4, -0.2) is 84.9 Å². The van der Waals surface area contributed by atoms with Crippen LogP contribution in [0.2, 0.25) is 0 Å². The molecule has 2 saturated heterocycles. The van der Waals surface area contributed by atoms with Crippen LogP contribution in [0.5, 0.6) is 0 Å². The fourth-order valence-electron chi connectivity index (χ4n) is 3.03. The Labute approximate surface area is 140 Å². The quantitative estimate of drug-likeness (QED) is 0.768. The van der Waals surface area contributed by atoms with E-state index in [0.29, 0.717) is 19.0 Å². The molecule has 0 spiro atoms. The Morgan fingerprint density at radius 2 is 1.39 bits per heavy atom. The molecule has 0 aromatic rings. The molecular weight excluding hydrogens is 292 g/mol. The van der Waals surface area contributed by atoms with Crippen LogP contribution in [0.4, 0.5) is 0 Å². The highest BCUT2D eigenvalue weighted by Crippen LogP contribution is 2.09. The molecule has 2 aliphatic heterocycles. The summed E-state index contributed by atoms with van der Waals surface area (Å²) in [5.74, 6) is 0.819. The molecule has 6 nitrogen and oxygen atoms in total. The third-order valence-electron chi connectivity index (χ3n) is 5.04. The summed E-state index contributed by atoms with van der Waals surface area (Å²) in [5, 5.41) is 3.05. The van der Waals surface area contributed by atoms with Crippen LogP contribution in [0.1, 0.15) is 33.6 Å². The van der Waals surface area contributed by atoms with Gasteiger partial charge in [-0.2, -0.15) is 0 Å². The lowest BCUT2D eigenvalue weighted by molar-refractivity contribution is -0.132. The molecular formula is C17H32N4O2. The molecule has 2 heterocycles. The van der Waals surface area contributed by atoms with Crippen LogP contribution in [0.3, 0.4) is 0 Å². The van der Waals surface area contributed by atoms with Crippen LogP contribution in [0.15, 0.2) is 0 Å². The van der Waals surface area contributed by atoms with Gasteiger partial charge in [0, 0.05) is 45.3 Å². The predicted molar refractivity (Wildman–Crippen MR) is 91.1 cm³/mol. The van der Waals surface area contributed by atoms with Crippen LogP contribution in [0.25, 0.3) is 0 Å². The van der Waals surface area contributed by atoms with E-state index in [0.717, 1.165) is 52.1 Å². The Balaban J connectivity index is 1.65. The second kappa shape index (κ2) is 8.64. The fourth-order valence-corrected chi connectivity index (χ4v) is 3.03. The topological polar surface area (TPSA) is 55.9 Å². The van der Waals surface area contributed by atoms with Gasteiger partial charge in [-0.1, -0.05) is 13.8 Å². The third-order valence-corrected chi connectivity index (χ3v) is 5.04. The summed E-state index contributed by atoms with van der Waals surface area (Å²) in [4.78, 5) is 30.6. The molecule has 2 aliphatic rings. The van der Waals surface area contributed by atoms with Gasteiger partial charge in [0.05, 0.1) is 13.1 Å². The van der Waals surface area contributed by atoms with Crippen molar-refractivity contribution in [2.45, 2.75) is 39.7 Å². The summed E-state index contributed by atoms with van der Waals surface area (Å²) in [7, 11) is 0. The minimum absolute atomic E-state index is 0.104. The van der Waals surface area contributed by atoms with Gasteiger partial charge in [0.25, 0.3) is 0 Å². The van der Waals surface area contributed by atoms with Gasteiger partial charge in [-0.3, -0.25) is 19.4 Å². The van der Waals surface area contributed by atoms with Crippen LogP contribution in [-0.2, 0) is 9.59 Å². The van der Waals surface area contributed by atoms with Crippen molar-refractivity contribution in [3.63, 3.8) is 0 Å². The molecule has 0 radical (unpaired) electrons. The van der Waals surface area contributed by atoms with E-state index in [4.69, 9.17) is 0 Å². The number of likely N-dealkylation sites (tertiary alicyclic amines) is 1. The molecule has 2 amide bonds. The average molecular weight is 324 g/mol. The molecule has 0 aliphatic carbocycles. The number of hydrogen-bond donors (Lipinski definition) is 1. The molecule has 2 rings (SSSR count). The number of nitrogens with one attached hydrogen (secondary N) is 1. The maximum Gasteiger partial charge on any atom is 0.236 e. The zero-order valence-corrected chi connectivity index (χ0v) is 14.9.